The molecule has 1 N–H and O–H groups in total. The van der Waals surface area contributed by atoms with Gasteiger partial charge in [-0.15, -0.1) is 0 Å². The predicted molar refractivity (Wildman–Crippen MR) is 74.1 cm³/mol. The van der Waals surface area contributed by atoms with Crippen LogP contribution in [0.4, 0.5) is 4.39 Å². The summed E-state index contributed by atoms with van der Waals surface area (Å²) in [7, 11) is 0. The van der Waals surface area contributed by atoms with Crippen molar-refractivity contribution < 1.29 is 9.13 Å². The first kappa shape index (κ1) is 14.0. The van der Waals surface area contributed by atoms with Gasteiger partial charge in [-0.3, -0.25) is 0 Å². The van der Waals surface area contributed by atoms with Crippen LogP contribution in [0, 0.1) is 5.82 Å². The Morgan fingerprint density at radius 3 is 2.94 bits per heavy atom. The Morgan fingerprint density at radius 2 is 2.33 bits per heavy atom. The lowest BCUT2D eigenvalue weighted by Crippen LogP contribution is -2.41. The molecular weight excluding hydrogens is 297 g/mol. The third-order valence-corrected chi connectivity index (χ3v) is 4.03. The molecule has 100 valence electrons. The monoisotopic (exact) mass is 315 g/mol. The minimum Gasteiger partial charge on any atom is -0.373 e. The largest absolute Gasteiger partial charge is 0.373 e. The lowest BCUT2D eigenvalue weighted by atomic mass is 9.87. The van der Waals surface area contributed by atoms with E-state index in [1.807, 2.05) is 13.0 Å². The highest BCUT2D eigenvalue weighted by Gasteiger charge is 2.40. The van der Waals surface area contributed by atoms with Crippen molar-refractivity contribution in [1.82, 2.24) is 5.32 Å². The summed E-state index contributed by atoms with van der Waals surface area (Å²) in [6.07, 6.45) is 1.99. The number of rotatable bonds is 4. The minimum atomic E-state index is -0.322. The number of nitrogens with one attached hydrogen (secondary N) is 1. The number of hydrogen-bond acceptors (Lipinski definition) is 2. The smallest absolute Gasteiger partial charge is 0.128 e. The van der Waals surface area contributed by atoms with Crippen LogP contribution >= 0.6 is 15.9 Å². The van der Waals surface area contributed by atoms with E-state index in [0.29, 0.717) is 5.56 Å². The molecule has 0 aromatic heterocycles. The zero-order valence-electron chi connectivity index (χ0n) is 10.8. The summed E-state index contributed by atoms with van der Waals surface area (Å²) < 4.78 is 20.8. The first-order valence-electron chi connectivity index (χ1n) is 6.39. The van der Waals surface area contributed by atoms with Crippen LogP contribution in [0.3, 0.4) is 0 Å². The van der Waals surface area contributed by atoms with E-state index in [1.165, 1.54) is 6.07 Å². The summed E-state index contributed by atoms with van der Waals surface area (Å²) in [5.41, 5.74) is 0.355. The normalized spacial score (nSPS) is 25.3. The van der Waals surface area contributed by atoms with Crippen LogP contribution in [0.1, 0.15) is 38.3 Å². The van der Waals surface area contributed by atoms with Crippen molar-refractivity contribution in [3.63, 3.8) is 0 Å². The van der Waals surface area contributed by atoms with Crippen LogP contribution in [0.2, 0.25) is 0 Å². The molecule has 18 heavy (non-hydrogen) atoms. The van der Waals surface area contributed by atoms with E-state index < -0.39 is 0 Å². The second-order valence-electron chi connectivity index (χ2n) is 4.92. The molecule has 2 nitrogen and oxygen atoms in total. The Kier molecular flexibility index (Phi) is 4.41. The molecule has 0 bridgehead atoms. The van der Waals surface area contributed by atoms with Crippen LogP contribution in [-0.4, -0.2) is 18.8 Å². The number of benzene rings is 1. The fraction of sp³-hybridized carbons (Fsp3) is 0.571. The molecule has 1 aliphatic rings. The van der Waals surface area contributed by atoms with E-state index in [9.17, 15) is 4.39 Å². The molecule has 0 amide bonds. The SMILES string of the molecule is CCNC(c1cc(Br)ccc1F)C1(C)CCCO1. The highest BCUT2D eigenvalue weighted by molar-refractivity contribution is 9.10. The van der Waals surface area contributed by atoms with Gasteiger partial charge in [0, 0.05) is 16.6 Å². The molecule has 1 heterocycles. The molecule has 1 aliphatic heterocycles. The van der Waals surface area contributed by atoms with Gasteiger partial charge in [-0.05, 0) is 44.5 Å². The third kappa shape index (κ3) is 2.76. The average Bonchev–Trinajstić information content (AvgIpc) is 2.77. The van der Waals surface area contributed by atoms with Gasteiger partial charge in [0.15, 0.2) is 0 Å². The van der Waals surface area contributed by atoms with Crippen molar-refractivity contribution in [3.8, 4) is 0 Å². The zero-order valence-corrected chi connectivity index (χ0v) is 12.4. The molecule has 4 heteroatoms. The quantitative estimate of drug-likeness (QED) is 0.912. The standard InChI is InChI=1S/C14H19BrFNO/c1-3-17-13(14(2)7-4-8-18-14)11-9-10(15)5-6-12(11)16/h5-6,9,13,17H,3-4,7-8H2,1-2H3. The Bertz CT molecular complexity index is 418. The highest BCUT2D eigenvalue weighted by atomic mass is 79.9. The second kappa shape index (κ2) is 5.68. The highest BCUT2D eigenvalue weighted by Crippen LogP contribution is 2.38. The molecule has 0 aliphatic carbocycles. The van der Waals surface area contributed by atoms with Crippen molar-refractivity contribution in [2.45, 2.75) is 38.3 Å². The summed E-state index contributed by atoms with van der Waals surface area (Å²) in [4.78, 5) is 0. The Morgan fingerprint density at radius 1 is 1.56 bits per heavy atom. The van der Waals surface area contributed by atoms with Crippen molar-refractivity contribution in [1.29, 1.82) is 0 Å². The topological polar surface area (TPSA) is 21.3 Å². The van der Waals surface area contributed by atoms with E-state index >= 15 is 0 Å². The first-order valence-corrected chi connectivity index (χ1v) is 7.18. The minimum absolute atomic E-state index is 0.109. The van der Waals surface area contributed by atoms with Gasteiger partial charge in [-0.1, -0.05) is 22.9 Å². The van der Waals surface area contributed by atoms with Crippen LogP contribution < -0.4 is 5.32 Å². The Labute approximate surface area is 116 Å². The van der Waals surface area contributed by atoms with Gasteiger partial charge >= 0.3 is 0 Å². The lowest BCUT2D eigenvalue weighted by Gasteiger charge is -2.34. The molecule has 1 aromatic carbocycles. The van der Waals surface area contributed by atoms with E-state index in [1.54, 1.807) is 6.07 Å². The molecule has 2 rings (SSSR count). The third-order valence-electron chi connectivity index (χ3n) is 3.54. The maximum Gasteiger partial charge on any atom is 0.128 e. The second-order valence-corrected chi connectivity index (χ2v) is 5.84. The average molecular weight is 316 g/mol. The predicted octanol–water partition coefficient (Wildman–Crippen LogP) is 3.81. The summed E-state index contributed by atoms with van der Waals surface area (Å²) in [6, 6.07) is 4.96. The van der Waals surface area contributed by atoms with Crippen molar-refractivity contribution >= 4 is 15.9 Å². The summed E-state index contributed by atoms with van der Waals surface area (Å²) in [6.45, 7) is 5.64. The van der Waals surface area contributed by atoms with Crippen LogP contribution in [-0.2, 0) is 4.74 Å². The Balaban J connectivity index is 2.37. The maximum absolute atomic E-state index is 14.1. The lowest BCUT2D eigenvalue weighted by molar-refractivity contribution is -0.0130. The molecule has 1 aromatic rings. The number of likely N-dealkylation sites (N-methyl/N-ethyl adjacent to an activating group) is 1. The van der Waals surface area contributed by atoms with Gasteiger partial charge in [-0.25, -0.2) is 4.39 Å². The molecular formula is C14H19BrFNO. The van der Waals surface area contributed by atoms with Gasteiger partial charge in [-0.2, -0.15) is 0 Å². The molecule has 0 radical (unpaired) electrons. The van der Waals surface area contributed by atoms with Crippen LogP contribution in [0.15, 0.2) is 22.7 Å². The summed E-state index contributed by atoms with van der Waals surface area (Å²) in [5.74, 6) is -0.180. The summed E-state index contributed by atoms with van der Waals surface area (Å²) in [5, 5.41) is 3.36. The van der Waals surface area contributed by atoms with Crippen molar-refractivity contribution in [3.05, 3.63) is 34.1 Å². The van der Waals surface area contributed by atoms with E-state index in [2.05, 4.69) is 28.2 Å². The van der Waals surface area contributed by atoms with Gasteiger partial charge in [0.05, 0.1) is 11.6 Å². The number of hydrogen-bond donors (Lipinski definition) is 1. The molecule has 0 saturated carbocycles. The summed E-state index contributed by atoms with van der Waals surface area (Å²) >= 11 is 3.41. The molecule has 0 spiro atoms. The molecule has 1 saturated heterocycles. The van der Waals surface area contributed by atoms with Gasteiger partial charge in [0.2, 0.25) is 0 Å². The van der Waals surface area contributed by atoms with E-state index in [-0.39, 0.29) is 17.5 Å². The fourth-order valence-corrected chi connectivity index (χ4v) is 3.00. The molecule has 2 atom stereocenters. The van der Waals surface area contributed by atoms with Crippen molar-refractivity contribution in [2.75, 3.05) is 13.2 Å². The maximum atomic E-state index is 14.1. The van der Waals surface area contributed by atoms with E-state index in [0.717, 1.165) is 30.5 Å². The van der Waals surface area contributed by atoms with Crippen LogP contribution in [0.5, 0.6) is 0 Å². The van der Waals surface area contributed by atoms with Gasteiger partial charge in [0.25, 0.3) is 0 Å². The fourth-order valence-electron chi connectivity index (χ4n) is 2.62. The van der Waals surface area contributed by atoms with Gasteiger partial charge < -0.3 is 10.1 Å². The van der Waals surface area contributed by atoms with E-state index in [4.69, 9.17) is 4.74 Å². The zero-order chi connectivity index (χ0) is 13.2. The molecule has 2 unspecified atom stereocenters. The van der Waals surface area contributed by atoms with Gasteiger partial charge in [0.1, 0.15) is 5.82 Å². The first-order chi connectivity index (χ1) is 8.57. The number of halogens is 2. The molecule has 1 fully saturated rings. The van der Waals surface area contributed by atoms with Crippen molar-refractivity contribution in [2.24, 2.45) is 0 Å². The Hall–Kier alpha value is -0.450. The number of ether oxygens (including phenoxy) is 1. The van der Waals surface area contributed by atoms with Crippen LogP contribution in [0.25, 0.3) is 0 Å².